The summed E-state index contributed by atoms with van der Waals surface area (Å²) >= 11 is 0. The number of carbonyl (C=O) groups excluding carboxylic acids is 1. The maximum absolute atomic E-state index is 13.2. The van der Waals surface area contributed by atoms with E-state index >= 15 is 0 Å². The average Bonchev–Trinajstić information content (AvgIpc) is 2.61. The molecule has 0 spiro atoms. The van der Waals surface area contributed by atoms with Gasteiger partial charge < -0.3 is 15.1 Å². The monoisotopic (exact) mass is 339 g/mol. The maximum atomic E-state index is 13.2. The number of nitrogens with zero attached hydrogens (tertiary/aromatic N) is 2. The molecule has 3 rings (SSSR count). The number of para-hydroxylation sites is 2. The van der Waals surface area contributed by atoms with E-state index in [1.807, 2.05) is 24.3 Å². The summed E-state index contributed by atoms with van der Waals surface area (Å²) in [5.74, 6) is -0.547. The second-order valence-corrected chi connectivity index (χ2v) is 6.19. The van der Waals surface area contributed by atoms with Crippen molar-refractivity contribution in [2.75, 3.05) is 43.4 Å². The van der Waals surface area contributed by atoms with Gasteiger partial charge in [-0.05, 0) is 43.0 Å². The van der Waals surface area contributed by atoms with Crippen molar-refractivity contribution in [1.82, 2.24) is 4.90 Å². The van der Waals surface area contributed by atoms with Crippen LogP contribution in [-0.2, 0) is 4.79 Å². The number of anilines is 2. The van der Waals surface area contributed by atoms with Gasteiger partial charge in [-0.3, -0.25) is 4.79 Å². The van der Waals surface area contributed by atoms with Gasteiger partial charge >= 0.3 is 0 Å². The van der Waals surface area contributed by atoms with E-state index < -0.39 is 0 Å². The number of hydrogen-bond acceptors (Lipinski definition) is 3. The zero-order chi connectivity index (χ0) is 17.6. The molecule has 25 heavy (non-hydrogen) atoms. The molecule has 130 valence electrons. The quantitative estimate of drug-likeness (QED) is 0.869. The smallest absolute Gasteiger partial charge is 0.248 e. The molecule has 5 heteroatoms. The van der Waals surface area contributed by atoms with E-state index in [9.17, 15) is 9.18 Å². The van der Waals surface area contributed by atoms with Gasteiger partial charge in [0.2, 0.25) is 5.91 Å². The number of nitrogens with one attached hydrogen (secondary N) is 1. The Morgan fingerprint density at radius 1 is 1.08 bits per heavy atom. The zero-order valence-corrected chi connectivity index (χ0v) is 14.3. The molecule has 2 aromatic rings. The number of rotatable bonds is 4. The minimum absolute atomic E-state index is 0.231. The Hall–Kier alpha value is -2.66. The first-order valence-electron chi connectivity index (χ1n) is 8.39. The normalized spacial score (nSPS) is 15.5. The van der Waals surface area contributed by atoms with E-state index in [-0.39, 0.29) is 11.7 Å². The summed E-state index contributed by atoms with van der Waals surface area (Å²) in [6.07, 6.45) is 3.03. The molecule has 1 fully saturated rings. The fourth-order valence-electron chi connectivity index (χ4n) is 2.86. The van der Waals surface area contributed by atoms with Gasteiger partial charge in [0, 0.05) is 32.3 Å². The summed E-state index contributed by atoms with van der Waals surface area (Å²) in [4.78, 5) is 16.8. The van der Waals surface area contributed by atoms with Gasteiger partial charge in [-0.25, -0.2) is 4.39 Å². The molecule has 2 aromatic carbocycles. The van der Waals surface area contributed by atoms with Crippen LogP contribution in [0.5, 0.6) is 0 Å². The number of carbonyl (C=O) groups is 1. The van der Waals surface area contributed by atoms with Crippen molar-refractivity contribution in [2.24, 2.45) is 0 Å². The molecule has 1 saturated heterocycles. The molecule has 1 N–H and O–H groups in total. The van der Waals surface area contributed by atoms with Crippen molar-refractivity contribution in [3.8, 4) is 0 Å². The minimum Gasteiger partial charge on any atom is -0.367 e. The molecule has 0 bridgehead atoms. The van der Waals surface area contributed by atoms with Crippen molar-refractivity contribution in [1.29, 1.82) is 0 Å². The van der Waals surface area contributed by atoms with Crippen molar-refractivity contribution < 1.29 is 9.18 Å². The predicted molar refractivity (Wildman–Crippen MR) is 100 cm³/mol. The summed E-state index contributed by atoms with van der Waals surface area (Å²) in [7, 11) is 2.11. The lowest BCUT2D eigenvalue weighted by Crippen LogP contribution is -2.44. The first kappa shape index (κ1) is 17.2. The van der Waals surface area contributed by atoms with E-state index in [4.69, 9.17) is 0 Å². The number of piperazine rings is 1. The third kappa shape index (κ3) is 4.67. The van der Waals surface area contributed by atoms with Gasteiger partial charge in [0.15, 0.2) is 0 Å². The minimum atomic E-state index is -0.317. The number of hydrogen-bond donors (Lipinski definition) is 1. The fraction of sp³-hybridized carbons (Fsp3) is 0.250. The molecule has 4 nitrogen and oxygen atoms in total. The van der Waals surface area contributed by atoms with Crippen LogP contribution in [0.2, 0.25) is 0 Å². The fourth-order valence-corrected chi connectivity index (χ4v) is 2.86. The Bertz CT molecular complexity index is 767. The Labute approximate surface area is 147 Å². The van der Waals surface area contributed by atoms with E-state index in [2.05, 4.69) is 22.2 Å². The van der Waals surface area contributed by atoms with Crippen molar-refractivity contribution in [3.63, 3.8) is 0 Å². The molecular weight excluding hydrogens is 317 g/mol. The highest BCUT2D eigenvalue weighted by Gasteiger charge is 2.17. The highest BCUT2D eigenvalue weighted by molar-refractivity contribution is 6.03. The molecule has 1 heterocycles. The largest absolute Gasteiger partial charge is 0.367 e. The van der Waals surface area contributed by atoms with Crippen LogP contribution < -0.4 is 10.2 Å². The molecule has 0 unspecified atom stereocenters. The molecule has 0 aliphatic carbocycles. The lowest BCUT2D eigenvalue weighted by molar-refractivity contribution is -0.111. The molecule has 1 aliphatic rings. The Balaban J connectivity index is 1.69. The van der Waals surface area contributed by atoms with Crippen molar-refractivity contribution >= 4 is 23.4 Å². The van der Waals surface area contributed by atoms with E-state index in [1.165, 1.54) is 18.2 Å². The maximum Gasteiger partial charge on any atom is 0.248 e. The molecule has 0 atom stereocenters. The van der Waals surface area contributed by atoms with E-state index in [0.29, 0.717) is 5.56 Å². The number of amides is 1. The third-order valence-electron chi connectivity index (χ3n) is 4.28. The Morgan fingerprint density at radius 2 is 1.84 bits per heavy atom. The van der Waals surface area contributed by atoms with Crippen LogP contribution in [0.1, 0.15) is 5.56 Å². The molecule has 0 saturated carbocycles. The zero-order valence-electron chi connectivity index (χ0n) is 14.3. The summed E-state index contributed by atoms with van der Waals surface area (Å²) < 4.78 is 13.2. The lowest BCUT2D eigenvalue weighted by atomic mass is 10.2. The highest BCUT2D eigenvalue weighted by Crippen LogP contribution is 2.26. The van der Waals surface area contributed by atoms with Crippen molar-refractivity contribution in [3.05, 3.63) is 66.0 Å². The summed E-state index contributed by atoms with van der Waals surface area (Å²) in [6, 6.07) is 14.0. The van der Waals surface area contributed by atoms with Crippen LogP contribution in [0.25, 0.3) is 6.08 Å². The molecule has 1 aliphatic heterocycles. The number of halogens is 1. The first-order valence-corrected chi connectivity index (χ1v) is 8.39. The van der Waals surface area contributed by atoms with Gasteiger partial charge in [0.25, 0.3) is 0 Å². The van der Waals surface area contributed by atoms with Crippen LogP contribution in [0.4, 0.5) is 15.8 Å². The summed E-state index contributed by atoms with van der Waals surface area (Å²) in [5.41, 5.74) is 2.48. The Kier molecular flexibility index (Phi) is 5.46. The second-order valence-electron chi connectivity index (χ2n) is 6.19. The first-order chi connectivity index (χ1) is 12.1. The van der Waals surface area contributed by atoms with Crippen LogP contribution in [0.15, 0.2) is 54.6 Å². The number of likely N-dealkylation sites (N-methyl/N-ethyl adjacent to an activating group) is 1. The van der Waals surface area contributed by atoms with Crippen LogP contribution >= 0.6 is 0 Å². The predicted octanol–water partition coefficient (Wildman–Crippen LogP) is 3.23. The van der Waals surface area contributed by atoms with Crippen LogP contribution in [-0.4, -0.2) is 44.0 Å². The molecule has 0 radical (unpaired) electrons. The second kappa shape index (κ2) is 7.94. The van der Waals surface area contributed by atoms with Gasteiger partial charge in [0.05, 0.1) is 11.4 Å². The Morgan fingerprint density at radius 3 is 2.60 bits per heavy atom. The molecule has 1 amide bonds. The van der Waals surface area contributed by atoms with Crippen molar-refractivity contribution in [2.45, 2.75) is 0 Å². The standard InChI is InChI=1S/C20H22FN3O/c1-23-11-13-24(14-12-23)19-8-3-2-7-18(19)22-20(25)10-9-16-5-4-6-17(21)15-16/h2-10,15H,11-14H2,1H3,(H,22,25)/b10-9+. The molecular formula is C20H22FN3O. The SMILES string of the molecule is CN1CCN(c2ccccc2NC(=O)/C=C/c2cccc(F)c2)CC1. The van der Waals surface area contributed by atoms with Gasteiger partial charge in [-0.15, -0.1) is 0 Å². The summed E-state index contributed by atoms with van der Waals surface area (Å²) in [5, 5.41) is 2.93. The van der Waals surface area contributed by atoms with Crippen LogP contribution in [0.3, 0.4) is 0 Å². The third-order valence-corrected chi connectivity index (χ3v) is 4.28. The van der Waals surface area contributed by atoms with Gasteiger partial charge in [-0.1, -0.05) is 24.3 Å². The highest BCUT2D eigenvalue weighted by atomic mass is 19.1. The van der Waals surface area contributed by atoms with Gasteiger partial charge in [0.1, 0.15) is 5.82 Å². The van der Waals surface area contributed by atoms with E-state index in [1.54, 1.807) is 18.2 Å². The lowest BCUT2D eigenvalue weighted by Gasteiger charge is -2.35. The molecule has 0 aromatic heterocycles. The topological polar surface area (TPSA) is 35.6 Å². The van der Waals surface area contributed by atoms with E-state index in [0.717, 1.165) is 37.6 Å². The van der Waals surface area contributed by atoms with Gasteiger partial charge in [-0.2, -0.15) is 0 Å². The van der Waals surface area contributed by atoms with Crippen LogP contribution in [0, 0.1) is 5.82 Å². The average molecular weight is 339 g/mol. The number of benzene rings is 2. The summed E-state index contributed by atoms with van der Waals surface area (Å²) in [6.45, 7) is 3.87.